The van der Waals surface area contributed by atoms with Crippen LogP contribution in [0.25, 0.3) is 0 Å². The molecule has 0 radical (unpaired) electrons. The number of aryl methyl sites for hydroxylation is 1. The minimum absolute atomic E-state index is 0.0552. The van der Waals surface area contributed by atoms with E-state index >= 15 is 0 Å². The lowest BCUT2D eigenvalue weighted by Gasteiger charge is -2.29. The zero-order valence-electron chi connectivity index (χ0n) is 14.2. The van der Waals surface area contributed by atoms with Crippen LogP contribution in [0.1, 0.15) is 31.3 Å². The lowest BCUT2D eigenvalue weighted by atomic mass is 9.99. The number of amides is 2. The Balaban J connectivity index is 1.50. The Kier molecular flexibility index (Phi) is 4.26. The molecule has 0 atom stereocenters. The molecule has 0 unspecified atom stereocenters. The number of fused-ring (bicyclic) bond motifs is 1. The van der Waals surface area contributed by atoms with Gasteiger partial charge in [-0.3, -0.25) is 14.3 Å². The van der Waals surface area contributed by atoms with Crippen molar-refractivity contribution in [2.24, 2.45) is 7.05 Å². The van der Waals surface area contributed by atoms with Gasteiger partial charge in [0.25, 0.3) is 11.8 Å². The molecule has 1 aliphatic rings. The second-order valence-electron chi connectivity index (χ2n) is 6.17. The first-order valence-electron chi connectivity index (χ1n) is 8.22. The monoisotopic (exact) mass is 367 g/mol. The number of nitrogens with zero attached hydrogens (tertiary/aromatic N) is 4. The summed E-state index contributed by atoms with van der Waals surface area (Å²) in [6, 6.07) is 9.55. The highest BCUT2D eigenvalue weighted by atomic mass is 32.1. The summed E-state index contributed by atoms with van der Waals surface area (Å²) in [6.45, 7) is 1.25. The Bertz CT molecular complexity index is 964. The Morgan fingerprint density at radius 2 is 2.12 bits per heavy atom. The SMILES string of the molecule is Cn1cc(C(=O)Nc2ccc3c(c2)CN(C(=O)c2cccs2)CC3)nn1. The maximum Gasteiger partial charge on any atom is 0.277 e. The van der Waals surface area contributed by atoms with Gasteiger partial charge in [-0.15, -0.1) is 16.4 Å². The molecule has 1 N–H and O–H groups in total. The molecule has 3 heterocycles. The summed E-state index contributed by atoms with van der Waals surface area (Å²) in [4.78, 5) is 27.4. The van der Waals surface area contributed by atoms with Gasteiger partial charge < -0.3 is 10.2 Å². The molecular formula is C18H17N5O2S. The van der Waals surface area contributed by atoms with E-state index in [1.807, 2.05) is 40.6 Å². The van der Waals surface area contributed by atoms with E-state index in [2.05, 4.69) is 15.6 Å². The summed E-state index contributed by atoms with van der Waals surface area (Å²) in [5, 5.41) is 12.3. The molecule has 3 aromatic rings. The molecule has 0 saturated carbocycles. The Hall–Kier alpha value is -3.00. The average Bonchev–Trinajstić information content (AvgIpc) is 3.32. The summed E-state index contributed by atoms with van der Waals surface area (Å²) in [7, 11) is 1.71. The van der Waals surface area contributed by atoms with Gasteiger partial charge in [0.05, 0.1) is 11.1 Å². The summed E-state index contributed by atoms with van der Waals surface area (Å²) in [5.74, 6) is -0.250. The first-order valence-corrected chi connectivity index (χ1v) is 9.10. The predicted molar refractivity (Wildman–Crippen MR) is 98.2 cm³/mol. The van der Waals surface area contributed by atoms with E-state index in [-0.39, 0.29) is 17.5 Å². The van der Waals surface area contributed by atoms with Crippen molar-refractivity contribution in [3.05, 3.63) is 63.6 Å². The minimum Gasteiger partial charge on any atom is -0.333 e. The van der Waals surface area contributed by atoms with Gasteiger partial charge in [-0.25, -0.2) is 0 Å². The standard InChI is InChI=1S/C18H17N5O2S/c1-22-11-15(20-21-22)17(24)19-14-5-4-12-6-7-23(10-13(12)9-14)18(25)16-3-2-8-26-16/h2-5,8-9,11H,6-7,10H2,1H3,(H,19,24). The smallest absolute Gasteiger partial charge is 0.277 e. The summed E-state index contributed by atoms with van der Waals surface area (Å²) >= 11 is 1.45. The van der Waals surface area contributed by atoms with Crippen molar-refractivity contribution in [2.45, 2.75) is 13.0 Å². The van der Waals surface area contributed by atoms with Crippen LogP contribution >= 0.6 is 11.3 Å². The molecule has 1 aromatic carbocycles. The molecule has 1 aliphatic heterocycles. The Morgan fingerprint density at radius 3 is 2.85 bits per heavy atom. The quantitative estimate of drug-likeness (QED) is 0.770. The van der Waals surface area contributed by atoms with Gasteiger partial charge in [0, 0.05) is 25.8 Å². The molecule has 132 valence electrons. The number of carbonyl (C=O) groups excluding carboxylic acids is 2. The zero-order chi connectivity index (χ0) is 18.1. The van der Waals surface area contributed by atoms with E-state index in [0.29, 0.717) is 18.8 Å². The fourth-order valence-corrected chi connectivity index (χ4v) is 3.70. The van der Waals surface area contributed by atoms with Gasteiger partial charge >= 0.3 is 0 Å². The topological polar surface area (TPSA) is 80.1 Å². The molecule has 0 saturated heterocycles. The minimum atomic E-state index is -0.305. The van der Waals surface area contributed by atoms with Gasteiger partial charge in [0.15, 0.2) is 5.69 Å². The van der Waals surface area contributed by atoms with Crippen molar-refractivity contribution in [3.63, 3.8) is 0 Å². The second-order valence-corrected chi connectivity index (χ2v) is 7.12. The fourth-order valence-electron chi connectivity index (χ4n) is 3.01. The number of anilines is 1. The van der Waals surface area contributed by atoms with Crippen LogP contribution in [0, 0.1) is 0 Å². The number of rotatable bonds is 3. The zero-order valence-corrected chi connectivity index (χ0v) is 15.0. The van der Waals surface area contributed by atoms with Crippen molar-refractivity contribution >= 4 is 28.8 Å². The number of aromatic nitrogens is 3. The molecule has 0 bridgehead atoms. The van der Waals surface area contributed by atoms with Crippen LogP contribution < -0.4 is 5.32 Å². The van der Waals surface area contributed by atoms with Crippen molar-refractivity contribution < 1.29 is 9.59 Å². The molecular weight excluding hydrogens is 350 g/mol. The first kappa shape index (κ1) is 16.5. The van der Waals surface area contributed by atoms with Crippen molar-refractivity contribution in [2.75, 3.05) is 11.9 Å². The van der Waals surface area contributed by atoms with Crippen LogP contribution in [-0.2, 0) is 20.0 Å². The van der Waals surface area contributed by atoms with Gasteiger partial charge in [0.2, 0.25) is 0 Å². The Labute approximate surface area is 154 Å². The maximum atomic E-state index is 12.6. The van der Waals surface area contributed by atoms with Crippen LogP contribution in [-0.4, -0.2) is 38.3 Å². The third-order valence-electron chi connectivity index (χ3n) is 4.33. The number of thiophene rings is 1. The Morgan fingerprint density at radius 1 is 1.23 bits per heavy atom. The maximum absolute atomic E-state index is 12.6. The summed E-state index contributed by atoms with van der Waals surface area (Å²) in [5.41, 5.74) is 3.21. The lowest BCUT2D eigenvalue weighted by molar-refractivity contribution is 0.0739. The largest absolute Gasteiger partial charge is 0.333 e. The van der Waals surface area contributed by atoms with E-state index in [1.54, 1.807) is 13.2 Å². The summed E-state index contributed by atoms with van der Waals surface area (Å²) < 4.78 is 1.48. The number of hydrogen-bond donors (Lipinski definition) is 1. The fraction of sp³-hybridized carbons (Fsp3) is 0.222. The molecule has 0 aliphatic carbocycles. The van der Waals surface area contributed by atoms with Gasteiger partial charge in [-0.2, -0.15) is 0 Å². The van der Waals surface area contributed by atoms with Gasteiger partial charge in [-0.1, -0.05) is 17.3 Å². The number of hydrogen-bond acceptors (Lipinski definition) is 5. The molecule has 0 fully saturated rings. The average molecular weight is 367 g/mol. The number of carbonyl (C=O) groups is 2. The van der Waals surface area contributed by atoms with Crippen molar-refractivity contribution in [3.8, 4) is 0 Å². The first-order chi connectivity index (χ1) is 12.6. The van der Waals surface area contributed by atoms with E-state index in [4.69, 9.17) is 0 Å². The molecule has 2 amide bonds. The molecule has 4 rings (SSSR count). The highest BCUT2D eigenvalue weighted by molar-refractivity contribution is 7.12. The van der Waals surface area contributed by atoms with E-state index in [1.165, 1.54) is 21.6 Å². The van der Waals surface area contributed by atoms with Crippen LogP contribution in [0.15, 0.2) is 41.9 Å². The predicted octanol–water partition coefficient (Wildman–Crippen LogP) is 2.33. The third kappa shape index (κ3) is 3.23. The molecule has 0 spiro atoms. The third-order valence-corrected chi connectivity index (χ3v) is 5.19. The molecule has 26 heavy (non-hydrogen) atoms. The van der Waals surface area contributed by atoms with Crippen LogP contribution in [0.2, 0.25) is 0 Å². The second kappa shape index (κ2) is 6.72. The molecule has 7 nitrogen and oxygen atoms in total. The number of nitrogens with one attached hydrogen (secondary N) is 1. The van der Waals surface area contributed by atoms with Crippen molar-refractivity contribution in [1.82, 2.24) is 19.9 Å². The highest BCUT2D eigenvalue weighted by Crippen LogP contribution is 2.25. The normalized spacial score (nSPS) is 13.3. The number of benzene rings is 1. The molecule has 2 aromatic heterocycles. The van der Waals surface area contributed by atoms with E-state index in [9.17, 15) is 9.59 Å². The van der Waals surface area contributed by atoms with Crippen LogP contribution in [0.4, 0.5) is 5.69 Å². The lowest BCUT2D eigenvalue weighted by Crippen LogP contribution is -2.35. The van der Waals surface area contributed by atoms with Gasteiger partial charge in [0.1, 0.15) is 0 Å². The van der Waals surface area contributed by atoms with Gasteiger partial charge in [-0.05, 0) is 41.1 Å². The van der Waals surface area contributed by atoms with E-state index < -0.39 is 0 Å². The van der Waals surface area contributed by atoms with E-state index in [0.717, 1.165) is 16.9 Å². The van der Waals surface area contributed by atoms with Crippen LogP contribution in [0.3, 0.4) is 0 Å². The van der Waals surface area contributed by atoms with Crippen LogP contribution in [0.5, 0.6) is 0 Å². The summed E-state index contributed by atoms with van der Waals surface area (Å²) in [6.07, 6.45) is 2.38. The van der Waals surface area contributed by atoms with Crippen molar-refractivity contribution in [1.29, 1.82) is 0 Å². The molecule has 8 heteroatoms. The highest BCUT2D eigenvalue weighted by Gasteiger charge is 2.23.